The van der Waals surface area contributed by atoms with Gasteiger partial charge in [0.1, 0.15) is 12.1 Å². The number of carbonyl (C=O) groups excluding carboxylic acids is 1. The molecule has 170 valence electrons. The van der Waals surface area contributed by atoms with Crippen LogP contribution in [0.1, 0.15) is 70.6 Å². The maximum atomic E-state index is 13.5. The highest BCUT2D eigenvalue weighted by Gasteiger charge is 2.54. The molecule has 4 rings (SSSR count). The molecule has 1 amide bonds. The third kappa shape index (κ3) is 4.89. The van der Waals surface area contributed by atoms with Gasteiger partial charge in [0.05, 0.1) is 6.67 Å². The molecule has 1 N–H and O–H groups in total. The molecular weight excluding hydrogens is 390 g/mol. The number of anilines is 1. The minimum atomic E-state index is -0.947. The molecular formula is C25H37N3O3. The number of carbonyl (C=O) groups is 2. The van der Waals surface area contributed by atoms with Crippen LogP contribution in [0.5, 0.6) is 0 Å². The Balaban J connectivity index is 1.49. The van der Waals surface area contributed by atoms with E-state index in [2.05, 4.69) is 9.80 Å². The molecule has 1 aliphatic carbocycles. The van der Waals surface area contributed by atoms with Crippen molar-refractivity contribution in [2.24, 2.45) is 0 Å². The van der Waals surface area contributed by atoms with Gasteiger partial charge in [0.2, 0.25) is 0 Å². The van der Waals surface area contributed by atoms with Gasteiger partial charge in [-0.2, -0.15) is 0 Å². The van der Waals surface area contributed by atoms with Crippen LogP contribution in [-0.4, -0.2) is 64.7 Å². The van der Waals surface area contributed by atoms with Gasteiger partial charge in [0.25, 0.3) is 5.91 Å². The van der Waals surface area contributed by atoms with Gasteiger partial charge in [-0.05, 0) is 37.8 Å². The Labute approximate surface area is 186 Å². The van der Waals surface area contributed by atoms with Crippen LogP contribution in [0.3, 0.4) is 0 Å². The minimum Gasteiger partial charge on any atom is -0.480 e. The number of carboxylic acid groups (broad SMARTS) is 1. The number of rotatable bonds is 4. The zero-order valence-corrected chi connectivity index (χ0v) is 18.7. The molecule has 0 bridgehead atoms. The summed E-state index contributed by atoms with van der Waals surface area (Å²) in [4.78, 5) is 31.2. The van der Waals surface area contributed by atoms with Crippen LogP contribution in [0.2, 0.25) is 0 Å². The Morgan fingerprint density at radius 3 is 2.10 bits per heavy atom. The molecule has 2 aliphatic heterocycles. The number of aliphatic carboxylic acids is 1. The third-order valence-corrected chi connectivity index (χ3v) is 7.62. The SMILES string of the molecule is O=C(O)CN1CN(c2ccccc2)C2(CCN(C3CCCCCCCCC3)CC2)C1=O. The predicted molar refractivity (Wildman–Crippen MR) is 122 cm³/mol. The van der Waals surface area contributed by atoms with E-state index in [1.54, 1.807) is 0 Å². The number of para-hydroxylation sites is 1. The molecule has 0 radical (unpaired) electrons. The van der Waals surface area contributed by atoms with Crippen molar-refractivity contribution < 1.29 is 14.7 Å². The van der Waals surface area contributed by atoms with E-state index in [1.807, 2.05) is 30.3 Å². The van der Waals surface area contributed by atoms with Crippen molar-refractivity contribution >= 4 is 17.6 Å². The van der Waals surface area contributed by atoms with Crippen LogP contribution in [0, 0.1) is 0 Å². The number of hydrogen-bond acceptors (Lipinski definition) is 4. The van der Waals surface area contributed by atoms with Crippen LogP contribution in [0.4, 0.5) is 5.69 Å². The third-order valence-electron chi connectivity index (χ3n) is 7.62. The molecule has 6 heteroatoms. The second-order valence-electron chi connectivity index (χ2n) is 9.58. The molecule has 0 aromatic heterocycles. The normalized spacial score (nSPS) is 23.9. The molecule has 1 aromatic rings. The van der Waals surface area contributed by atoms with Crippen molar-refractivity contribution in [2.45, 2.75) is 82.2 Å². The average molecular weight is 428 g/mol. The summed E-state index contributed by atoms with van der Waals surface area (Å²) < 4.78 is 0. The second kappa shape index (κ2) is 10.0. The van der Waals surface area contributed by atoms with Gasteiger partial charge in [-0.15, -0.1) is 0 Å². The average Bonchev–Trinajstić information content (AvgIpc) is 3.04. The Kier molecular flexibility index (Phi) is 7.16. The van der Waals surface area contributed by atoms with Gasteiger partial charge in [0.15, 0.2) is 0 Å². The fourth-order valence-electron chi connectivity index (χ4n) is 5.90. The van der Waals surface area contributed by atoms with Gasteiger partial charge in [0, 0.05) is 24.8 Å². The Hall–Kier alpha value is -2.08. The first kappa shape index (κ1) is 22.1. The number of carboxylic acids is 1. The molecule has 6 nitrogen and oxygen atoms in total. The first-order valence-corrected chi connectivity index (χ1v) is 12.2. The topological polar surface area (TPSA) is 64.1 Å². The molecule has 1 spiro atoms. The lowest BCUT2D eigenvalue weighted by Gasteiger charge is -2.45. The van der Waals surface area contributed by atoms with E-state index < -0.39 is 11.5 Å². The highest BCUT2D eigenvalue weighted by molar-refractivity contribution is 5.95. The molecule has 0 unspecified atom stereocenters. The summed E-state index contributed by atoms with van der Waals surface area (Å²) in [5.41, 5.74) is 0.402. The number of benzene rings is 1. The molecule has 3 aliphatic rings. The number of piperidine rings is 1. The summed E-state index contributed by atoms with van der Waals surface area (Å²) >= 11 is 0. The number of nitrogens with zero attached hydrogens (tertiary/aromatic N) is 3. The number of likely N-dealkylation sites (tertiary alicyclic amines) is 1. The van der Waals surface area contributed by atoms with Gasteiger partial charge < -0.3 is 19.8 Å². The standard InChI is InChI=1S/C25H37N3O3/c29-23(30)19-27-20-28(22-13-9-6-10-14-22)25(24(27)31)15-17-26(18-16-25)21-11-7-4-2-1-3-5-8-12-21/h6,9-10,13-14,21H,1-5,7-8,11-12,15-20H2,(H,29,30). The lowest BCUT2D eigenvalue weighted by molar-refractivity contribution is -0.144. The van der Waals surface area contributed by atoms with Crippen molar-refractivity contribution in [2.75, 3.05) is 31.2 Å². The van der Waals surface area contributed by atoms with Gasteiger partial charge in [-0.3, -0.25) is 9.59 Å². The lowest BCUT2D eigenvalue weighted by Crippen LogP contribution is -2.58. The van der Waals surface area contributed by atoms with Crippen LogP contribution in [0.25, 0.3) is 0 Å². The fourth-order valence-corrected chi connectivity index (χ4v) is 5.90. The summed E-state index contributed by atoms with van der Waals surface area (Å²) in [5.74, 6) is -0.957. The van der Waals surface area contributed by atoms with E-state index in [0.29, 0.717) is 12.7 Å². The van der Waals surface area contributed by atoms with Crippen LogP contribution in [-0.2, 0) is 9.59 Å². The first-order valence-electron chi connectivity index (χ1n) is 12.2. The monoisotopic (exact) mass is 427 g/mol. The quantitative estimate of drug-likeness (QED) is 0.784. The van der Waals surface area contributed by atoms with Crippen LogP contribution >= 0.6 is 0 Å². The van der Waals surface area contributed by atoms with E-state index in [4.69, 9.17) is 0 Å². The number of amides is 1. The van der Waals surface area contributed by atoms with Crippen molar-refractivity contribution in [1.29, 1.82) is 0 Å². The fraction of sp³-hybridized carbons (Fsp3) is 0.680. The highest BCUT2D eigenvalue weighted by Crippen LogP contribution is 2.40. The maximum absolute atomic E-state index is 13.5. The van der Waals surface area contributed by atoms with E-state index in [-0.39, 0.29) is 12.5 Å². The molecule has 1 aromatic carbocycles. The summed E-state index contributed by atoms with van der Waals surface area (Å²) in [6.45, 7) is 1.97. The largest absolute Gasteiger partial charge is 0.480 e. The summed E-state index contributed by atoms with van der Waals surface area (Å²) in [6, 6.07) is 10.7. The van der Waals surface area contributed by atoms with E-state index >= 15 is 0 Å². The van der Waals surface area contributed by atoms with E-state index in [0.717, 1.165) is 31.6 Å². The van der Waals surface area contributed by atoms with Crippen molar-refractivity contribution in [3.8, 4) is 0 Å². The zero-order valence-electron chi connectivity index (χ0n) is 18.7. The van der Waals surface area contributed by atoms with Crippen LogP contribution < -0.4 is 4.90 Å². The summed E-state index contributed by atoms with van der Waals surface area (Å²) in [6.07, 6.45) is 13.5. The lowest BCUT2D eigenvalue weighted by atomic mass is 9.84. The van der Waals surface area contributed by atoms with E-state index in [1.165, 1.54) is 62.7 Å². The zero-order chi connectivity index (χ0) is 21.7. The second-order valence-corrected chi connectivity index (χ2v) is 9.58. The van der Waals surface area contributed by atoms with Gasteiger partial charge in [-0.1, -0.05) is 63.1 Å². The van der Waals surface area contributed by atoms with Gasteiger partial charge in [-0.25, -0.2) is 0 Å². The Bertz CT molecular complexity index is 736. The molecule has 2 heterocycles. The van der Waals surface area contributed by atoms with Crippen LogP contribution in [0.15, 0.2) is 30.3 Å². The molecule has 0 atom stereocenters. The summed E-state index contributed by atoms with van der Waals surface area (Å²) in [7, 11) is 0. The molecule has 31 heavy (non-hydrogen) atoms. The smallest absolute Gasteiger partial charge is 0.323 e. The number of hydrogen-bond donors (Lipinski definition) is 1. The molecule has 2 saturated heterocycles. The Morgan fingerprint density at radius 1 is 0.935 bits per heavy atom. The van der Waals surface area contributed by atoms with Crippen molar-refractivity contribution in [1.82, 2.24) is 9.80 Å². The predicted octanol–water partition coefficient (Wildman–Crippen LogP) is 4.11. The van der Waals surface area contributed by atoms with Gasteiger partial charge >= 0.3 is 5.97 Å². The molecule has 3 fully saturated rings. The maximum Gasteiger partial charge on any atom is 0.323 e. The van der Waals surface area contributed by atoms with Crippen molar-refractivity contribution in [3.63, 3.8) is 0 Å². The summed E-state index contributed by atoms with van der Waals surface area (Å²) in [5, 5.41) is 9.32. The van der Waals surface area contributed by atoms with Crippen molar-refractivity contribution in [3.05, 3.63) is 30.3 Å². The van der Waals surface area contributed by atoms with E-state index in [9.17, 15) is 14.7 Å². The molecule has 1 saturated carbocycles. The highest BCUT2D eigenvalue weighted by atomic mass is 16.4. The minimum absolute atomic E-state index is 0.00985. The Morgan fingerprint density at radius 2 is 1.52 bits per heavy atom. The first-order chi connectivity index (χ1) is 15.1.